The highest BCUT2D eigenvalue weighted by atomic mass is 16.2. The van der Waals surface area contributed by atoms with Gasteiger partial charge in [-0.1, -0.05) is 35.5 Å². The van der Waals surface area contributed by atoms with Gasteiger partial charge in [-0.2, -0.15) is 0 Å². The average Bonchev–Trinajstić information content (AvgIpc) is 3.15. The molecule has 7 heteroatoms. The zero-order valence-electron chi connectivity index (χ0n) is 18.4. The predicted molar refractivity (Wildman–Crippen MR) is 116 cm³/mol. The molecule has 0 radical (unpaired) electrons. The fourth-order valence-electron chi connectivity index (χ4n) is 4.96. The number of nitrogens with one attached hydrogen (secondary N) is 1. The van der Waals surface area contributed by atoms with Crippen LogP contribution in [-0.4, -0.2) is 62.9 Å². The molecular formula is C23H34N6O. The van der Waals surface area contributed by atoms with Crippen LogP contribution < -0.4 is 5.32 Å². The minimum Gasteiger partial charge on any atom is -0.354 e. The summed E-state index contributed by atoms with van der Waals surface area (Å²) >= 11 is 0. The molecule has 2 aromatic rings. The molecule has 3 aliphatic heterocycles. The van der Waals surface area contributed by atoms with Gasteiger partial charge in [-0.25, -0.2) is 0 Å². The van der Waals surface area contributed by atoms with Crippen LogP contribution in [0, 0.1) is 11.8 Å². The lowest BCUT2D eigenvalue weighted by Gasteiger charge is -2.49. The summed E-state index contributed by atoms with van der Waals surface area (Å²) in [6, 6.07) is 11.1. The number of rotatable bonds is 8. The molecule has 4 atom stereocenters. The van der Waals surface area contributed by atoms with Gasteiger partial charge >= 0.3 is 0 Å². The Hall–Kier alpha value is -2.25. The summed E-state index contributed by atoms with van der Waals surface area (Å²) in [5.74, 6) is 0.844. The number of carbonyl (C=O) groups excluding carboxylic acids is 1. The van der Waals surface area contributed by atoms with E-state index < -0.39 is 0 Å². The molecule has 30 heavy (non-hydrogen) atoms. The molecule has 0 spiro atoms. The molecule has 3 aliphatic rings. The molecule has 1 N–H and O–H groups in total. The van der Waals surface area contributed by atoms with Crippen molar-refractivity contribution in [3.05, 3.63) is 47.8 Å². The molecule has 1 amide bonds. The minimum absolute atomic E-state index is 0.135. The lowest BCUT2D eigenvalue weighted by molar-refractivity contribution is -0.133. The van der Waals surface area contributed by atoms with Crippen molar-refractivity contribution in [1.29, 1.82) is 0 Å². The molecule has 4 heterocycles. The van der Waals surface area contributed by atoms with Crippen LogP contribution in [0.5, 0.6) is 0 Å². The summed E-state index contributed by atoms with van der Waals surface area (Å²) in [4.78, 5) is 17.3. The maximum atomic E-state index is 12.5. The number of nitrogens with zero attached hydrogens (tertiary/aromatic N) is 5. The topological polar surface area (TPSA) is 66.3 Å². The van der Waals surface area contributed by atoms with Crippen molar-refractivity contribution in [2.45, 2.75) is 58.4 Å². The highest BCUT2D eigenvalue weighted by Gasteiger charge is 2.43. The smallest absolute Gasteiger partial charge is 0.224 e. The van der Waals surface area contributed by atoms with Crippen LogP contribution in [0.25, 0.3) is 0 Å². The Bertz CT molecular complexity index is 835. The Balaban J connectivity index is 1.30. The quantitative estimate of drug-likeness (QED) is 0.722. The second-order valence-corrected chi connectivity index (χ2v) is 9.29. The van der Waals surface area contributed by atoms with Gasteiger partial charge in [0.05, 0.1) is 18.2 Å². The van der Waals surface area contributed by atoms with Crippen LogP contribution >= 0.6 is 0 Å². The van der Waals surface area contributed by atoms with Gasteiger partial charge in [-0.15, -0.1) is 5.10 Å². The third-order valence-corrected chi connectivity index (χ3v) is 6.36. The van der Waals surface area contributed by atoms with E-state index in [4.69, 9.17) is 0 Å². The largest absolute Gasteiger partial charge is 0.354 e. The van der Waals surface area contributed by atoms with Crippen molar-refractivity contribution in [2.75, 3.05) is 20.1 Å². The van der Waals surface area contributed by atoms with Crippen LogP contribution in [0.4, 0.5) is 0 Å². The highest BCUT2D eigenvalue weighted by Crippen LogP contribution is 2.37. The maximum absolute atomic E-state index is 12.5. The summed E-state index contributed by atoms with van der Waals surface area (Å²) in [6.07, 6.45) is 4.27. The third kappa shape index (κ3) is 5.08. The Morgan fingerprint density at radius 3 is 2.77 bits per heavy atom. The lowest BCUT2D eigenvalue weighted by atomic mass is 9.75. The normalized spacial score (nSPS) is 25.8. The second-order valence-electron chi connectivity index (χ2n) is 9.29. The molecule has 3 fully saturated rings. The average molecular weight is 411 g/mol. The fraction of sp³-hybridized carbons (Fsp3) is 0.609. The number of hydrogen-bond acceptors (Lipinski definition) is 5. The van der Waals surface area contributed by atoms with Crippen molar-refractivity contribution in [1.82, 2.24) is 30.1 Å². The number of fused-ring (bicyclic) bond motifs is 3. The lowest BCUT2D eigenvalue weighted by Crippen LogP contribution is -2.58. The molecule has 3 saturated heterocycles. The Morgan fingerprint density at radius 2 is 2.07 bits per heavy atom. The van der Waals surface area contributed by atoms with Crippen LogP contribution in [0.1, 0.15) is 37.9 Å². The van der Waals surface area contributed by atoms with E-state index in [1.807, 2.05) is 24.6 Å². The molecular weight excluding hydrogens is 376 g/mol. The van der Waals surface area contributed by atoms with Crippen LogP contribution in [0.15, 0.2) is 36.5 Å². The molecule has 0 saturated carbocycles. The van der Waals surface area contributed by atoms with Crippen molar-refractivity contribution in [3.63, 3.8) is 0 Å². The molecule has 0 aliphatic carbocycles. The monoisotopic (exact) mass is 410 g/mol. The van der Waals surface area contributed by atoms with Gasteiger partial charge in [0.15, 0.2) is 0 Å². The van der Waals surface area contributed by atoms with E-state index in [-0.39, 0.29) is 17.9 Å². The van der Waals surface area contributed by atoms with E-state index in [2.05, 4.69) is 62.9 Å². The molecule has 2 unspecified atom stereocenters. The van der Waals surface area contributed by atoms with E-state index >= 15 is 0 Å². The van der Waals surface area contributed by atoms with Crippen molar-refractivity contribution in [3.8, 4) is 0 Å². The fourth-order valence-corrected chi connectivity index (χ4v) is 4.96. The summed E-state index contributed by atoms with van der Waals surface area (Å²) in [5, 5.41) is 11.9. The summed E-state index contributed by atoms with van der Waals surface area (Å²) < 4.78 is 1.99. The zero-order valence-corrected chi connectivity index (χ0v) is 18.4. The molecule has 162 valence electrons. The van der Waals surface area contributed by atoms with Crippen molar-refractivity contribution >= 4 is 5.91 Å². The molecule has 1 aromatic heterocycles. The van der Waals surface area contributed by atoms with E-state index in [0.29, 0.717) is 12.0 Å². The van der Waals surface area contributed by atoms with Gasteiger partial charge in [0.25, 0.3) is 0 Å². The third-order valence-electron chi connectivity index (χ3n) is 6.36. The molecule has 7 nitrogen and oxygen atoms in total. The number of benzene rings is 1. The first-order valence-corrected chi connectivity index (χ1v) is 11.1. The van der Waals surface area contributed by atoms with Crippen molar-refractivity contribution < 1.29 is 4.79 Å². The van der Waals surface area contributed by atoms with E-state index in [0.717, 1.165) is 51.3 Å². The van der Waals surface area contributed by atoms with Crippen LogP contribution in [0.2, 0.25) is 0 Å². The van der Waals surface area contributed by atoms with Crippen molar-refractivity contribution in [2.24, 2.45) is 11.8 Å². The first-order valence-electron chi connectivity index (χ1n) is 11.1. The van der Waals surface area contributed by atoms with Gasteiger partial charge in [-0.3, -0.25) is 19.3 Å². The minimum atomic E-state index is 0.135. The summed E-state index contributed by atoms with van der Waals surface area (Å²) in [5.41, 5.74) is 2.30. The first-order chi connectivity index (χ1) is 14.5. The summed E-state index contributed by atoms with van der Waals surface area (Å²) in [6.45, 7) is 8.54. The molecule has 2 bridgehead atoms. The molecule has 5 rings (SSSR count). The Kier molecular flexibility index (Phi) is 6.49. The number of aromatic nitrogens is 3. The van der Waals surface area contributed by atoms with E-state index in [1.165, 1.54) is 5.56 Å². The highest BCUT2D eigenvalue weighted by molar-refractivity contribution is 5.79. The SMILES string of the molecule is CC(C)NC(=O)[C@H]1CN2CCC1C[C@@H]2Cn1cc(CN(C)Cc2ccccc2)nn1. The Labute approximate surface area is 179 Å². The van der Waals surface area contributed by atoms with Gasteiger partial charge in [-0.05, 0) is 51.8 Å². The standard InChI is InChI=1S/C23H34N6O/c1-17(2)24-23(30)22-16-28-10-9-19(22)11-21(28)15-29-14-20(25-26-29)13-27(3)12-18-7-5-4-6-8-18/h4-8,14,17,19,21-22H,9-13,15-16H2,1-3H3,(H,24,30)/t19?,21-,22+/m1/s1. The van der Waals surface area contributed by atoms with Gasteiger partial charge in [0.1, 0.15) is 0 Å². The van der Waals surface area contributed by atoms with Gasteiger partial charge in [0, 0.05) is 37.9 Å². The number of hydrogen-bond donors (Lipinski definition) is 1. The van der Waals surface area contributed by atoms with E-state index in [9.17, 15) is 4.79 Å². The second kappa shape index (κ2) is 9.27. The number of carbonyl (C=O) groups is 1. The maximum Gasteiger partial charge on any atom is 0.224 e. The summed E-state index contributed by atoms with van der Waals surface area (Å²) in [7, 11) is 2.11. The zero-order chi connectivity index (χ0) is 21.1. The van der Waals surface area contributed by atoms with Crippen LogP contribution in [-0.2, 0) is 24.4 Å². The van der Waals surface area contributed by atoms with E-state index in [1.54, 1.807) is 0 Å². The van der Waals surface area contributed by atoms with Gasteiger partial charge < -0.3 is 5.32 Å². The number of amides is 1. The van der Waals surface area contributed by atoms with Gasteiger partial charge in [0.2, 0.25) is 5.91 Å². The first kappa shape index (κ1) is 21.0. The number of piperidine rings is 3. The Morgan fingerprint density at radius 1 is 1.27 bits per heavy atom. The predicted octanol–water partition coefficient (Wildman–Crippen LogP) is 2.15. The molecule has 1 aromatic carbocycles. The van der Waals surface area contributed by atoms with Crippen LogP contribution in [0.3, 0.4) is 0 Å².